The van der Waals surface area contributed by atoms with Gasteiger partial charge in [0.2, 0.25) is 0 Å². The van der Waals surface area contributed by atoms with Crippen LogP contribution in [0.3, 0.4) is 0 Å². The molecule has 2 aromatic rings. The van der Waals surface area contributed by atoms with Crippen LogP contribution in [0.25, 0.3) is 10.9 Å². The smallest absolute Gasteiger partial charge is 0.254 e. The van der Waals surface area contributed by atoms with Gasteiger partial charge >= 0.3 is 0 Å². The maximum atomic E-state index is 11.6. The van der Waals surface area contributed by atoms with Gasteiger partial charge in [0.25, 0.3) is 5.91 Å². The monoisotopic (exact) mass is 201 g/mol. The molecular weight excluding hydrogens is 190 g/mol. The molecule has 0 saturated carbocycles. The van der Waals surface area contributed by atoms with Gasteiger partial charge in [-0.05, 0) is 12.1 Å². The summed E-state index contributed by atoms with van der Waals surface area (Å²) < 4.78 is 0. The van der Waals surface area contributed by atoms with Gasteiger partial charge in [0, 0.05) is 11.6 Å². The van der Waals surface area contributed by atoms with Gasteiger partial charge in [0.1, 0.15) is 0 Å². The molecule has 0 aliphatic carbocycles. The number of benzene rings is 1. The number of pyridine rings is 1. The van der Waals surface area contributed by atoms with Gasteiger partial charge in [0.15, 0.2) is 0 Å². The van der Waals surface area contributed by atoms with E-state index >= 15 is 0 Å². The average Bonchev–Trinajstić information content (AvgIpc) is 2.28. The number of aromatic nitrogens is 1. The third-order valence-electron chi connectivity index (χ3n) is 2.14. The van der Waals surface area contributed by atoms with E-state index in [1.807, 2.05) is 24.3 Å². The highest BCUT2D eigenvalue weighted by atomic mass is 16.1. The first kappa shape index (κ1) is 9.61. The lowest BCUT2D eigenvalue weighted by Crippen LogP contribution is -2.29. The Hall–Kier alpha value is -1.94. The van der Waals surface area contributed by atoms with Crippen molar-refractivity contribution in [1.29, 1.82) is 0 Å². The minimum atomic E-state index is -0.193. The first-order valence-electron chi connectivity index (χ1n) is 4.65. The molecule has 4 nitrogen and oxygen atoms in total. The number of rotatable bonds is 2. The van der Waals surface area contributed by atoms with E-state index in [1.165, 1.54) is 0 Å². The van der Waals surface area contributed by atoms with Crippen molar-refractivity contribution < 1.29 is 4.79 Å². The van der Waals surface area contributed by atoms with E-state index < -0.39 is 0 Å². The Morgan fingerprint density at radius 3 is 2.93 bits per heavy atom. The van der Waals surface area contributed by atoms with E-state index in [0.29, 0.717) is 11.1 Å². The number of nitrogens with one attached hydrogen (secondary N) is 1. The van der Waals surface area contributed by atoms with E-state index in [0.717, 1.165) is 5.39 Å². The zero-order valence-electron chi connectivity index (χ0n) is 8.10. The number of hydrogen-bond donors (Lipinski definition) is 2. The molecule has 0 aliphatic heterocycles. The Morgan fingerprint density at radius 1 is 1.33 bits per heavy atom. The number of nitrogens with zero attached hydrogens (tertiary/aromatic N) is 1. The molecule has 0 spiro atoms. The maximum Gasteiger partial charge on any atom is 0.254 e. The molecule has 1 aromatic heterocycles. The van der Waals surface area contributed by atoms with Crippen LogP contribution >= 0.6 is 0 Å². The summed E-state index contributed by atoms with van der Waals surface area (Å²) in [6, 6.07) is 9.24. The van der Waals surface area contributed by atoms with Gasteiger partial charge in [-0.3, -0.25) is 9.78 Å². The van der Waals surface area contributed by atoms with Crippen molar-refractivity contribution in [3.8, 4) is 0 Å². The molecule has 15 heavy (non-hydrogen) atoms. The van der Waals surface area contributed by atoms with Crippen LogP contribution in [0.5, 0.6) is 0 Å². The van der Waals surface area contributed by atoms with Gasteiger partial charge in [-0.15, -0.1) is 0 Å². The standard InChI is InChI=1S/C11H11N3O/c12-7-14-11(15)9-5-1-3-8-4-2-6-13-10(8)9/h1-6H,7,12H2,(H,14,15). The van der Waals surface area contributed by atoms with Crippen LogP contribution in [0, 0.1) is 0 Å². The van der Waals surface area contributed by atoms with E-state index in [1.54, 1.807) is 12.3 Å². The number of carbonyl (C=O) groups is 1. The van der Waals surface area contributed by atoms with Crippen LogP contribution in [-0.2, 0) is 0 Å². The van der Waals surface area contributed by atoms with Crippen molar-refractivity contribution in [3.05, 3.63) is 42.1 Å². The number of fused-ring (bicyclic) bond motifs is 1. The van der Waals surface area contributed by atoms with Gasteiger partial charge < -0.3 is 11.1 Å². The van der Waals surface area contributed by atoms with Crippen LogP contribution in [-0.4, -0.2) is 17.6 Å². The number of carbonyl (C=O) groups excluding carboxylic acids is 1. The molecule has 0 aliphatic rings. The van der Waals surface area contributed by atoms with Gasteiger partial charge in [-0.2, -0.15) is 0 Å². The Labute approximate surface area is 87.1 Å². The van der Waals surface area contributed by atoms with Crippen LogP contribution in [0.4, 0.5) is 0 Å². The largest absolute Gasteiger partial charge is 0.340 e. The fraction of sp³-hybridized carbons (Fsp3) is 0.0909. The Kier molecular flexibility index (Phi) is 2.60. The number of para-hydroxylation sites is 1. The Balaban J connectivity index is 2.56. The summed E-state index contributed by atoms with van der Waals surface area (Å²) in [7, 11) is 0. The molecule has 2 rings (SSSR count). The molecule has 3 N–H and O–H groups in total. The quantitative estimate of drug-likeness (QED) is 0.709. The van der Waals surface area contributed by atoms with Crippen molar-refractivity contribution >= 4 is 16.8 Å². The molecule has 0 saturated heterocycles. The van der Waals surface area contributed by atoms with E-state index in [9.17, 15) is 4.79 Å². The SMILES string of the molecule is NCNC(=O)c1cccc2cccnc12. The third-order valence-corrected chi connectivity index (χ3v) is 2.14. The fourth-order valence-corrected chi connectivity index (χ4v) is 1.48. The molecule has 1 aromatic carbocycles. The molecule has 76 valence electrons. The molecule has 0 radical (unpaired) electrons. The molecule has 4 heteroatoms. The highest BCUT2D eigenvalue weighted by Crippen LogP contribution is 2.15. The number of amides is 1. The van der Waals surface area contributed by atoms with Gasteiger partial charge in [-0.25, -0.2) is 0 Å². The fourth-order valence-electron chi connectivity index (χ4n) is 1.48. The lowest BCUT2D eigenvalue weighted by molar-refractivity contribution is 0.0956. The molecular formula is C11H11N3O. The van der Waals surface area contributed by atoms with Crippen molar-refractivity contribution in [3.63, 3.8) is 0 Å². The lowest BCUT2D eigenvalue weighted by Gasteiger charge is -2.04. The summed E-state index contributed by atoms with van der Waals surface area (Å²) in [6.45, 7) is 0.127. The maximum absolute atomic E-state index is 11.6. The van der Waals surface area contributed by atoms with E-state index in [-0.39, 0.29) is 12.6 Å². The molecule has 0 unspecified atom stereocenters. The predicted molar refractivity (Wildman–Crippen MR) is 58.3 cm³/mol. The Bertz CT molecular complexity index is 491. The first-order chi connectivity index (χ1) is 7.33. The molecule has 1 amide bonds. The summed E-state index contributed by atoms with van der Waals surface area (Å²) in [5, 5.41) is 3.50. The summed E-state index contributed by atoms with van der Waals surface area (Å²) in [5.74, 6) is -0.193. The number of hydrogen-bond acceptors (Lipinski definition) is 3. The normalized spacial score (nSPS) is 10.2. The van der Waals surface area contributed by atoms with Crippen molar-refractivity contribution in [2.45, 2.75) is 0 Å². The zero-order chi connectivity index (χ0) is 10.7. The van der Waals surface area contributed by atoms with Gasteiger partial charge in [0.05, 0.1) is 17.7 Å². The second kappa shape index (κ2) is 4.06. The molecule has 0 atom stereocenters. The minimum Gasteiger partial charge on any atom is -0.340 e. The first-order valence-corrected chi connectivity index (χ1v) is 4.65. The average molecular weight is 201 g/mol. The highest BCUT2D eigenvalue weighted by Gasteiger charge is 2.08. The minimum absolute atomic E-state index is 0.127. The van der Waals surface area contributed by atoms with Crippen LogP contribution < -0.4 is 11.1 Å². The summed E-state index contributed by atoms with van der Waals surface area (Å²) >= 11 is 0. The molecule has 0 fully saturated rings. The predicted octanol–water partition coefficient (Wildman–Crippen LogP) is 0.881. The van der Waals surface area contributed by atoms with Crippen molar-refractivity contribution in [2.75, 3.05) is 6.67 Å². The topological polar surface area (TPSA) is 68.0 Å². The van der Waals surface area contributed by atoms with Crippen molar-refractivity contribution in [1.82, 2.24) is 10.3 Å². The molecule has 0 bridgehead atoms. The molecule has 1 heterocycles. The highest BCUT2D eigenvalue weighted by molar-refractivity contribution is 6.05. The number of nitrogens with two attached hydrogens (primary N) is 1. The van der Waals surface area contributed by atoms with Gasteiger partial charge in [-0.1, -0.05) is 18.2 Å². The second-order valence-electron chi connectivity index (χ2n) is 3.09. The summed E-state index contributed by atoms with van der Waals surface area (Å²) in [4.78, 5) is 15.8. The zero-order valence-corrected chi connectivity index (χ0v) is 8.10. The Morgan fingerprint density at radius 2 is 2.13 bits per heavy atom. The van der Waals surface area contributed by atoms with Crippen LogP contribution in [0.1, 0.15) is 10.4 Å². The summed E-state index contributed by atoms with van der Waals surface area (Å²) in [6.07, 6.45) is 1.67. The lowest BCUT2D eigenvalue weighted by atomic mass is 10.1. The van der Waals surface area contributed by atoms with E-state index in [4.69, 9.17) is 5.73 Å². The van der Waals surface area contributed by atoms with Crippen molar-refractivity contribution in [2.24, 2.45) is 5.73 Å². The van der Waals surface area contributed by atoms with Crippen LogP contribution in [0.2, 0.25) is 0 Å². The second-order valence-corrected chi connectivity index (χ2v) is 3.09. The van der Waals surface area contributed by atoms with E-state index in [2.05, 4.69) is 10.3 Å². The van der Waals surface area contributed by atoms with Crippen LogP contribution in [0.15, 0.2) is 36.5 Å². The summed E-state index contributed by atoms with van der Waals surface area (Å²) in [5.41, 5.74) is 6.51. The third kappa shape index (κ3) is 1.80.